The van der Waals surface area contributed by atoms with Crippen molar-refractivity contribution in [3.8, 4) is 0 Å². The standard InChI is InChI=1S/C17H31NOS/c1-4-5-6-7-8-9-12-19-14-17-11-10-16(20-17)13-18-15(2)3/h10-11,15,18H,4-9,12-14H2,1-3H3. The van der Waals surface area contributed by atoms with Gasteiger partial charge in [-0.05, 0) is 18.6 Å². The Labute approximate surface area is 128 Å². The van der Waals surface area contributed by atoms with Crippen molar-refractivity contribution in [3.63, 3.8) is 0 Å². The first kappa shape index (κ1) is 17.7. The van der Waals surface area contributed by atoms with Gasteiger partial charge in [0.2, 0.25) is 0 Å². The Morgan fingerprint density at radius 3 is 2.50 bits per heavy atom. The van der Waals surface area contributed by atoms with Crippen molar-refractivity contribution in [2.75, 3.05) is 6.61 Å². The minimum absolute atomic E-state index is 0.546. The number of nitrogens with one attached hydrogen (secondary N) is 1. The third-order valence-electron chi connectivity index (χ3n) is 3.29. The third kappa shape index (κ3) is 8.72. The van der Waals surface area contributed by atoms with Crippen LogP contribution in [0.3, 0.4) is 0 Å². The van der Waals surface area contributed by atoms with Gasteiger partial charge in [0, 0.05) is 28.9 Å². The summed E-state index contributed by atoms with van der Waals surface area (Å²) in [5.41, 5.74) is 0. The molecule has 0 radical (unpaired) electrons. The highest BCUT2D eigenvalue weighted by Gasteiger charge is 2.01. The Kier molecular flexibility index (Phi) is 9.98. The molecule has 116 valence electrons. The molecule has 0 amide bonds. The van der Waals surface area contributed by atoms with E-state index < -0.39 is 0 Å². The Balaban J connectivity index is 2.01. The predicted octanol–water partition coefficient (Wildman–Crippen LogP) is 5.12. The molecule has 1 rings (SSSR count). The molecule has 0 aliphatic carbocycles. The number of ether oxygens (including phenoxy) is 1. The lowest BCUT2D eigenvalue weighted by Crippen LogP contribution is -2.21. The van der Waals surface area contributed by atoms with Gasteiger partial charge < -0.3 is 10.1 Å². The van der Waals surface area contributed by atoms with Gasteiger partial charge >= 0.3 is 0 Å². The zero-order valence-electron chi connectivity index (χ0n) is 13.4. The monoisotopic (exact) mass is 297 g/mol. The van der Waals surface area contributed by atoms with Gasteiger partial charge in [0.25, 0.3) is 0 Å². The van der Waals surface area contributed by atoms with Crippen molar-refractivity contribution in [2.45, 2.75) is 78.5 Å². The Morgan fingerprint density at radius 1 is 1.05 bits per heavy atom. The molecule has 0 saturated carbocycles. The first-order valence-corrected chi connectivity index (χ1v) is 8.92. The van der Waals surface area contributed by atoms with E-state index in [9.17, 15) is 0 Å². The summed E-state index contributed by atoms with van der Waals surface area (Å²) < 4.78 is 5.76. The van der Waals surface area contributed by atoms with Crippen LogP contribution in [-0.4, -0.2) is 12.6 Å². The first-order chi connectivity index (χ1) is 9.72. The van der Waals surface area contributed by atoms with E-state index in [4.69, 9.17) is 4.74 Å². The second kappa shape index (κ2) is 11.3. The number of thiophene rings is 1. The number of rotatable bonds is 12. The average Bonchev–Trinajstić information content (AvgIpc) is 2.87. The second-order valence-corrected chi connectivity index (χ2v) is 6.98. The zero-order chi connectivity index (χ0) is 14.6. The summed E-state index contributed by atoms with van der Waals surface area (Å²) in [7, 11) is 0. The minimum Gasteiger partial charge on any atom is -0.376 e. The van der Waals surface area contributed by atoms with E-state index in [1.54, 1.807) is 0 Å². The molecule has 0 aliphatic heterocycles. The van der Waals surface area contributed by atoms with Gasteiger partial charge in [-0.3, -0.25) is 0 Å². The third-order valence-corrected chi connectivity index (χ3v) is 4.35. The van der Waals surface area contributed by atoms with E-state index >= 15 is 0 Å². The minimum atomic E-state index is 0.546. The van der Waals surface area contributed by atoms with Crippen molar-refractivity contribution in [1.82, 2.24) is 5.32 Å². The molecule has 1 N–H and O–H groups in total. The first-order valence-electron chi connectivity index (χ1n) is 8.11. The lowest BCUT2D eigenvalue weighted by Gasteiger charge is -2.05. The Hall–Kier alpha value is -0.380. The van der Waals surface area contributed by atoms with E-state index in [1.807, 2.05) is 11.3 Å². The molecule has 1 heterocycles. The molecule has 0 bridgehead atoms. The largest absolute Gasteiger partial charge is 0.376 e. The number of hydrogen-bond donors (Lipinski definition) is 1. The Bertz CT molecular complexity index is 335. The van der Waals surface area contributed by atoms with Crippen LogP contribution in [0.25, 0.3) is 0 Å². The highest BCUT2D eigenvalue weighted by Crippen LogP contribution is 2.17. The van der Waals surface area contributed by atoms with Crippen LogP contribution in [0.15, 0.2) is 12.1 Å². The molecule has 0 aliphatic rings. The second-order valence-electron chi connectivity index (χ2n) is 5.72. The van der Waals surface area contributed by atoms with Gasteiger partial charge in [-0.2, -0.15) is 0 Å². The summed E-state index contributed by atoms with van der Waals surface area (Å²) in [6.07, 6.45) is 7.96. The van der Waals surface area contributed by atoms with Gasteiger partial charge in [-0.15, -0.1) is 11.3 Å². The molecular weight excluding hydrogens is 266 g/mol. The summed E-state index contributed by atoms with van der Waals surface area (Å²) in [5.74, 6) is 0. The van der Waals surface area contributed by atoms with E-state index in [-0.39, 0.29) is 0 Å². The molecule has 0 spiro atoms. The molecule has 0 saturated heterocycles. The highest BCUT2D eigenvalue weighted by molar-refractivity contribution is 7.11. The fraction of sp³-hybridized carbons (Fsp3) is 0.765. The maximum Gasteiger partial charge on any atom is 0.0809 e. The quantitative estimate of drug-likeness (QED) is 0.540. The van der Waals surface area contributed by atoms with Gasteiger partial charge in [0.05, 0.1) is 6.61 Å². The van der Waals surface area contributed by atoms with Crippen molar-refractivity contribution in [1.29, 1.82) is 0 Å². The lowest BCUT2D eigenvalue weighted by molar-refractivity contribution is 0.119. The molecule has 1 aromatic heterocycles. The van der Waals surface area contributed by atoms with Gasteiger partial charge in [0.1, 0.15) is 0 Å². The van der Waals surface area contributed by atoms with Crippen LogP contribution >= 0.6 is 11.3 Å². The molecule has 0 aromatic carbocycles. The molecular formula is C17H31NOS. The van der Waals surface area contributed by atoms with Crippen molar-refractivity contribution >= 4 is 11.3 Å². The van der Waals surface area contributed by atoms with Crippen LogP contribution in [0.5, 0.6) is 0 Å². The molecule has 20 heavy (non-hydrogen) atoms. The summed E-state index contributed by atoms with van der Waals surface area (Å²) in [4.78, 5) is 2.74. The Morgan fingerprint density at radius 2 is 1.75 bits per heavy atom. The smallest absolute Gasteiger partial charge is 0.0809 e. The maximum atomic E-state index is 5.76. The fourth-order valence-electron chi connectivity index (χ4n) is 2.06. The van der Waals surface area contributed by atoms with Crippen LogP contribution in [-0.2, 0) is 17.9 Å². The van der Waals surface area contributed by atoms with Gasteiger partial charge in [-0.1, -0.05) is 52.9 Å². The lowest BCUT2D eigenvalue weighted by atomic mass is 10.1. The molecule has 3 heteroatoms. The molecule has 0 fully saturated rings. The highest BCUT2D eigenvalue weighted by atomic mass is 32.1. The van der Waals surface area contributed by atoms with E-state index in [1.165, 1.54) is 48.3 Å². The molecule has 1 aromatic rings. The van der Waals surface area contributed by atoms with E-state index in [2.05, 4.69) is 38.2 Å². The number of unbranched alkanes of at least 4 members (excludes halogenated alkanes) is 5. The predicted molar refractivity (Wildman–Crippen MR) is 89.3 cm³/mol. The van der Waals surface area contributed by atoms with Gasteiger partial charge in [0.15, 0.2) is 0 Å². The normalized spacial score (nSPS) is 11.4. The summed E-state index contributed by atoms with van der Waals surface area (Å²) in [6, 6.07) is 4.96. The van der Waals surface area contributed by atoms with Crippen LogP contribution in [0.2, 0.25) is 0 Å². The summed E-state index contributed by atoms with van der Waals surface area (Å²) in [5, 5.41) is 3.45. The fourth-order valence-corrected chi connectivity index (χ4v) is 2.96. The van der Waals surface area contributed by atoms with Crippen molar-refractivity contribution < 1.29 is 4.74 Å². The van der Waals surface area contributed by atoms with Crippen LogP contribution < -0.4 is 5.32 Å². The SMILES string of the molecule is CCCCCCCCOCc1ccc(CNC(C)C)s1. The number of hydrogen-bond acceptors (Lipinski definition) is 3. The van der Waals surface area contributed by atoms with Crippen LogP contribution in [0, 0.1) is 0 Å². The molecule has 2 nitrogen and oxygen atoms in total. The van der Waals surface area contributed by atoms with Crippen molar-refractivity contribution in [3.05, 3.63) is 21.9 Å². The van der Waals surface area contributed by atoms with E-state index in [0.29, 0.717) is 6.04 Å². The maximum absolute atomic E-state index is 5.76. The van der Waals surface area contributed by atoms with Crippen molar-refractivity contribution in [2.24, 2.45) is 0 Å². The van der Waals surface area contributed by atoms with Crippen LogP contribution in [0.1, 0.15) is 69.1 Å². The van der Waals surface area contributed by atoms with Crippen LogP contribution in [0.4, 0.5) is 0 Å². The topological polar surface area (TPSA) is 21.3 Å². The average molecular weight is 298 g/mol. The molecule has 0 atom stereocenters. The molecule has 0 unspecified atom stereocenters. The van der Waals surface area contributed by atoms with E-state index in [0.717, 1.165) is 19.8 Å². The van der Waals surface area contributed by atoms with Gasteiger partial charge in [-0.25, -0.2) is 0 Å². The summed E-state index contributed by atoms with van der Waals surface area (Å²) >= 11 is 1.86. The summed E-state index contributed by atoms with van der Waals surface area (Å²) in [6.45, 7) is 9.27. The zero-order valence-corrected chi connectivity index (χ0v) is 14.2.